The Morgan fingerprint density at radius 2 is 2.38 bits per heavy atom. The Bertz CT molecular complexity index is 173. The lowest BCUT2D eigenvalue weighted by Crippen LogP contribution is -2.00. The molecule has 0 fully saturated rings. The molecule has 0 aliphatic carbocycles. The molecule has 0 bridgehead atoms. The molecule has 40 valence electrons. The second-order valence-electron chi connectivity index (χ2n) is 1.40. The molecule has 0 amide bonds. The summed E-state index contributed by atoms with van der Waals surface area (Å²) in [6.07, 6.45) is 0. The van der Waals surface area contributed by atoms with Gasteiger partial charge in [-0.15, -0.1) is 11.3 Å². The highest BCUT2D eigenvalue weighted by Crippen LogP contribution is 2.09. The van der Waals surface area contributed by atoms with Crippen LogP contribution in [0.2, 0.25) is 0 Å². The van der Waals surface area contributed by atoms with Gasteiger partial charge >= 0.3 is 0 Å². The summed E-state index contributed by atoms with van der Waals surface area (Å²) in [5.74, 6) is 0.773. The van der Waals surface area contributed by atoms with Crippen molar-refractivity contribution in [1.82, 2.24) is 0 Å². The fraction of sp³-hybridized carbons (Fsp3) is 0.200. The Morgan fingerprint density at radius 1 is 1.62 bits per heavy atom. The third-order valence-electron chi connectivity index (χ3n) is 0.875. The van der Waals surface area contributed by atoms with E-state index >= 15 is 0 Å². The first-order valence-electron chi connectivity index (χ1n) is 2.20. The lowest BCUT2D eigenvalue weighted by molar-refractivity contribution is 0.420. The molecule has 1 aromatic rings. The Hall–Kier alpha value is -0.435. The first kappa shape index (κ1) is 5.70. The summed E-state index contributed by atoms with van der Waals surface area (Å²) in [6.45, 7) is 0. The molecular weight excluding hydrogens is 119 g/mol. The van der Waals surface area contributed by atoms with Crippen molar-refractivity contribution in [2.45, 2.75) is 0 Å². The molecule has 0 aliphatic heterocycles. The summed E-state index contributed by atoms with van der Waals surface area (Å²) < 4.78 is 4.87. The summed E-state index contributed by atoms with van der Waals surface area (Å²) >= 11 is 1.54. The lowest BCUT2D eigenvalue weighted by Gasteiger charge is -1.93. The van der Waals surface area contributed by atoms with Gasteiger partial charge in [-0.3, -0.25) is 0 Å². The first-order chi connectivity index (χ1) is 3.84. The van der Waals surface area contributed by atoms with Crippen molar-refractivity contribution in [3.63, 3.8) is 0 Å². The highest BCUT2D eigenvalue weighted by atomic mass is 32.1. The Morgan fingerprint density at radius 3 is 2.62 bits per heavy atom. The predicted molar refractivity (Wildman–Crippen MR) is 36.3 cm³/mol. The van der Waals surface area contributed by atoms with Gasteiger partial charge in [0.2, 0.25) is 0 Å². The number of ether oxygens (including phenoxy) is 1. The molecule has 8 heavy (non-hydrogen) atoms. The van der Waals surface area contributed by atoms with Gasteiger partial charge in [-0.2, -0.15) is 0 Å². The highest BCUT2D eigenvalue weighted by molar-refractivity contribution is 7.09. The van der Waals surface area contributed by atoms with E-state index in [4.69, 9.17) is 12.6 Å². The average Bonchev–Trinajstić information content (AvgIpc) is 2.14. The number of rotatable bonds is 1. The van der Waals surface area contributed by atoms with Crippen molar-refractivity contribution in [2.24, 2.45) is 0 Å². The largest absolute Gasteiger partial charge is 0.497 e. The van der Waals surface area contributed by atoms with Crippen LogP contribution in [-0.4, -0.2) is 15.0 Å². The van der Waals surface area contributed by atoms with Gasteiger partial charge in [0.25, 0.3) is 0 Å². The Labute approximate surface area is 53.7 Å². The van der Waals surface area contributed by atoms with Gasteiger partial charge in [0, 0.05) is 5.38 Å². The van der Waals surface area contributed by atoms with E-state index in [-0.39, 0.29) is 0 Å². The molecule has 2 radical (unpaired) electrons. The predicted octanol–water partition coefficient (Wildman–Crippen LogP) is 0.550. The summed E-state index contributed by atoms with van der Waals surface area (Å²) in [5, 5.41) is 3.72. The number of thiophene rings is 1. The van der Waals surface area contributed by atoms with Crippen LogP contribution in [0.15, 0.2) is 10.8 Å². The maximum atomic E-state index is 5.44. The monoisotopic (exact) mass is 124 g/mol. The molecule has 0 N–H and O–H groups in total. The van der Waals surface area contributed by atoms with Crippen molar-refractivity contribution in [3.8, 4) is 5.75 Å². The standard InChI is InChI=1S/C5H5BOS/c1-7-5-3-8-2-4(5)6/h2-3H,1H3. The number of hydrogen-bond donors (Lipinski definition) is 0. The third kappa shape index (κ3) is 0.867. The Balaban J connectivity index is 2.92. The average molecular weight is 124 g/mol. The van der Waals surface area contributed by atoms with Gasteiger partial charge in [0.15, 0.2) is 0 Å². The van der Waals surface area contributed by atoms with Crippen molar-refractivity contribution >= 4 is 24.6 Å². The first-order valence-corrected chi connectivity index (χ1v) is 3.14. The van der Waals surface area contributed by atoms with Crippen molar-refractivity contribution in [3.05, 3.63) is 10.8 Å². The third-order valence-corrected chi connectivity index (χ3v) is 1.61. The van der Waals surface area contributed by atoms with Crippen molar-refractivity contribution in [1.29, 1.82) is 0 Å². The van der Waals surface area contributed by atoms with Crippen LogP contribution in [-0.2, 0) is 0 Å². The zero-order valence-corrected chi connectivity index (χ0v) is 5.37. The van der Waals surface area contributed by atoms with E-state index in [1.165, 1.54) is 0 Å². The van der Waals surface area contributed by atoms with Crippen LogP contribution in [0, 0.1) is 0 Å². The fourth-order valence-electron chi connectivity index (χ4n) is 0.461. The van der Waals surface area contributed by atoms with E-state index in [1.54, 1.807) is 18.4 Å². The summed E-state index contributed by atoms with van der Waals surface area (Å²) in [6, 6.07) is 0. The molecule has 0 unspecified atom stereocenters. The SMILES string of the molecule is [B]c1cscc1OC. The minimum Gasteiger partial charge on any atom is -0.497 e. The summed E-state index contributed by atoms with van der Waals surface area (Å²) in [5.41, 5.74) is 0.720. The summed E-state index contributed by atoms with van der Waals surface area (Å²) in [4.78, 5) is 0. The topological polar surface area (TPSA) is 9.23 Å². The zero-order valence-electron chi connectivity index (χ0n) is 4.55. The van der Waals surface area contributed by atoms with Crippen LogP contribution in [0.4, 0.5) is 0 Å². The lowest BCUT2D eigenvalue weighted by atomic mass is 10.0. The Kier molecular flexibility index (Phi) is 1.58. The maximum absolute atomic E-state index is 5.44. The molecule has 0 saturated heterocycles. The molecule has 3 heteroatoms. The highest BCUT2D eigenvalue weighted by Gasteiger charge is 1.93. The van der Waals surface area contributed by atoms with E-state index in [0.29, 0.717) is 0 Å². The number of hydrogen-bond acceptors (Lipinski definition) is 2. The smallest absolute Gasteiger partial charge is 0.122 e. The van der Waals surface area contributed by atoms with E-state index in [0.717, 1.165) is 11.2 Å². The molecule has 1 rings (SSSR count). The van der Waals surface area contributed by atoms with E-state index in [2.05, 4.69) is 0 Å². The van der Waals surface area contributed by atoms with Gasteiger partial charge < -0.3 is 4.74 Å². The van der Waals surface area contributed by atoms with E-state index in [1.807, 2.05) is 10.8 Å². The normalized spacial score (nSPS) is 9.12. The quantitative estimate of drug-likeness (QED) is 0.496. The molecule has 1 heterocycles. The van der Waals surface area contributed by atoms with Crippen LogP contribution in [0.1, 0.15) is 0 Å². The van der Waals surface area contributed by atoms with E-state index in [9.17, 15) is 0 Å². The van der Waals surface area contributed by atoms with Crippen LogP contribution < -0.4 is 10.2 Å². The van der Waals surface area contributed by atoms with Crippen LogP contribution in [0.25, 0.3) is 0 Å². The van der Waals surface area contributed by atoms with Gasteiger partial charge in [-0.25, -0.2) is 0 Å². The molecular formula is C5H5BOS. The minimum atomic E-state index is 0.720. The van der Waals surface area contributed by atoms with Crippen molar-refractivity contribution in [2.75, 3.05) is 7.11 Å². The second-order valence-corrected chi connectivity index (χ2v) is 2.14. The molecule has 0 aromatic carbocycles. The molecule has 0 saturated carbocycles. The van der Waals surface area contributed by atoms with Crippen LogP contribution in [0.5, 0.6) is 5.75 Å². The molecule has 0 spiro atoms. The second kappa shape index (κ2) is 2.22. The molecule has 0 atom stereocenters. The zero-order chi connectivity index (χ0) is 5.98. The van der Waals surface area contributed by atoms with E-state index < -0.39 is 0 Å². The van der Waals surface area contributed by atoms with Gasteiger partial charge in [-0.05, 0) is 10.8 Å². The van der Waals surface area contributed by atoms with Gasteiger partial charge in [0.05, 0.1) is 7.11 Å². The number of methoxy groups -OCH3 is 1. The molecule has 1 nitrogen and oxygen atoms in total. The summed E-state index contributed by atoms with van der Waals surface area (Å²) in [7, 11) is 7.05. The maximum Gasteiger partial charge on any atom is 0.122 e. The van der Waals surface area contributed by atoms with Gasteiger partial charge in [0.1, 0.15) is 13.6 Å². The van der Waals surface area contributed by atoms with Crippen LogP contribution >= 0.6 is 11.3 Å². The fourth-order valence-corrected chi connectivity index (χ4v) is 1.15. The van der Waals surface area contributed by atoms with Crippen LogP contribution in [0.3, 0.4) is 0 Å². The molecule has 1 aromatic heterocycles. The van der Waals surface area contributed by atoms with Crippen molar-refractivity contribution < 1.29 is 4.74 Å². The van der Waals surface area contributed by atoms with Gasteiger partial charge in [-0.1, -0.05) is 0 Å². The minimum absolute atomic E-state index is 0.720. The molecule has 0 aliphatic rings.